The Kier molecular flexibility index (Phi) is 9.37. The smallest absolute Gasteiger partial charge is 0.261 e. The van der Waals surface area contributed by atoms with Crippen LogP contribution in [0.25, 0.3) is 0 Å². The van der Waals surface area contributed by atoms with Crippen LogP contribution in [0.1, 0.15) is 62.1 Å². The van der Waals surface area contributed by atoms with Crippen molar-refractivity contribution in [3.8, 4) is 11.5 Å². The van der Waals surface area contributed by atoms with Gasteiger partial charge in [-0.25, -0.2) is 0 Å². The summed E-state index contributed by atoms with van der Waals surface area (Å²) in [5.41, 5.74) is 2.95. The van der Waals surface area contributed by atoms with Crippen molar-refractivity contribution in [2.24, 2.45) is 0 Å². The van der Waals surface area contributed by atoms with E-state index in [0.717, 1.165) is 48.1 Å². The van der Waals surface area contributed by atoms with Crippen LogP contribution in [0.15, 0.2) is 42.5 Å². The van der Waals surface area contributed by atoms with E-state index < -0.39 is 6.04 Å². The lowest BCUT2D eigenvalue weighted by atomic mass is 9.95. The first-order chi connectivity index (χ1) is 16.4. The fourth-order valence-electron chi connectivity index (χ4n) is 4.52. The van der Waals surface area contributed by atoms with Crippen molar-refractivity contribution >= 4 is 11.8 Å². The molecule has 1 fully saturated rings. The number of benzene rings is 2. The van der Waals surface area contributed by atoms with Crippen LogP contribution in [-0.2, 0) is 16.1 Å². The molecule has 0 spiro atoms. The fourth-order valence-corrected chi connectivity index (χ4v) is 4.52. The molecule has 0 heterocycles. The molecule has 6 heteroatoms. The summed E-state index contributed by atoms with van der Waals surface area (Å²) < 4.78 is 11.3. The van der Waals surface area contributed by atoms with Crippen LogP contribution >= 0.6 is 0 Å². The molecule has 2 amide bonds. The molecule has 1 saturated carbocycles. The molecule has 184 valence electrons. The number of hydrogen-bond donors (Lipinski definition) is 1. The molecular formula is C28H38N2O4. The van der Waals surface area contributed by atoms with Gasteiger partial charge in [0, 0.05) is 12.6 Å². The SMILES string of the molecule is CC[C@H](C(=O)NC1CCCCC1)N(Cc1cccc(OC)c1)C(=O)COc1cc(C)ccc1C. The van der Waals surface area contributed by atoms with Crippen molar-refractivity contribution in [2.75, 3.05) is 13.7 Å². The minimum absolute atomic E-state index is 0.0858. The average molecular weight is 467 g/mol. The molecule has 1 N–H and O–H groups in total. The van der Waals surface area contributed by atoms with E-state index in [1.165, 1.54) is 6.42 Å². The summed E-state index contributed by atoms with van der Waals surface area (Å²) in [5.74, 6) is 1.11. The molecule has 0 saturated heterocycles. The summed E-state index contributed by atoms with van der Waals surface area (Å²) in [4.78, 5) is 28.4. The average Bonchev–Trinajstić information content (AvgIpc) is 2.85. The van der Waals surface area contributed by atoms with E-state index in [0.29, 0.717) is 18.7 Å². The van der Waals surface area contributed by atoms with Crippen molar-refractivity contribution < 1.29 is 19.1 Å². The van der Waals surface area contributed by atoms with Crippen LogP contribution in [0, 0.1) is 13.8 Å². The van der Waals surface area contributed by atoms with Gasteiger partial charge in [-0.1, -0.05) is 50.5 Å². The van der Waals surface area contributed by atoms with Crippen LogP contribution in [0.2, 0.25) is 0 Å². The van der Waals surface area contributed by atoms with Gasteiger partial charge in [-0.15, -0.1) is 0 Å². The molecule has 0 bridgehead atoms. The number of amides is 2. The van der Waals surface area contributed by atoms with Crippen LogP contribution in [-0.4, -0.2) is 42.5 Å². The van der Waals surface area contributed by atoms with E-state index >= 15 is 0 Å². The first-order valence-corrected chi connectivity index (χ1v) is 12.3. The van der Waals surface area contributed by atoms with Gasteiger partial charge in [-0.05, 0) is 68.0 Å². The lowest BCUT2D eigenvalue weighted by Gasteiger charge is -2.32. The summed E-state index contributed by atoms with van der Waals surface area (Å²) in [6.45, 7) is 6.08. The van der Waals surface area contributed by atoms with E-state index in [2.05, 4.69) is 5.32 Å². The van der Waals surface area contributed by atoms with E-state index in [1.54, 1.807) is 12.0 Å². The van der Waals surface area contributed by atoms with E-state index in [1.807, 2.05) is 63.2 Å². The number of ether oxygens (including phenoxy) is 2. The Labute approximate surface area is 203 Å². The quantitative estimate of drug-likeness (QED) is 0.538. The fraction of sp³-hybridized carbons (Fsp3) is 0.500. The Morgan fingerprint density at radius 1 is 1.09 bits per heavy atom. The van der Waals surface area contributed by atoms with Gasteiger partial charge >= 0.3 is 0 Å². The van der Waals surface area contributed by atoms with Crippen LogP contribution in [0.4, 0.5) is 0 Å². The maximum atomic E-state index is 13.5. The van der Waals surface area contributed by atoms with Crippen molar-refractivity contribution in [1.29, 1.82) is 0 Å². The number of rotatable bonds is 10. The zero-order chi connectivity index (χ0) is 24.5. The lowest BCUT2D eigenvalue weighted by Crippen LogP contribution is -2.52. The predicted octanol–water partition coefficient (Wildman–Crippen LogP) is 4.95. The third-order valence-corrected chi connectivity index (χ3v) is 6.52. The highest BCUT2D eigenvalue weighted by atomic mass is 16.5. The number of hydrogen-bond acceptors (Lipinski definition) is 4. The molecule has 34 heavy (non-hydrogen) atoms. The summed E-state index contributed by atoms with van der Waals surface area (Å²) >= 11 is 0. The molecule has 0 aliphatic heterocycles. The second kappa shape index (κ2) is 12.4. The van der Waals surface area contributed by atoms with Gasteiger partial charge in [0.15, 0.2) is 6.61 Å². The largest absolute Gasteiger partial charge is 0.497 e. The predicted molar refractivity (Wildman–Crippen MR) is 134 cm³/mol. The minimum Gasteiger partial charge on any atom is -0.497 e. The molecule has 0 unspecified atom stereocenters. The molecule has 6 nitrogen and oxygen atoms in total. The summed E-state index contributed by atoms with van der Waals surface area (Å²) in [7, 11) is 1.62. The summed E-state index contributed by atoms with van der Waals surface area (Å²) in [6.07, 6.45) is 6.02. The molecule has 2 aromatic carbocycles. The van der Waals surface area contributed by atoms with Gasteiger partial charge in [-0.3, -0.25) is 9.59 Å². The normalized spacial score (nSPS) is 14.8. The number of nitrogens with zero attached hydrogens (tertiary/aromatic N) is 1. The Bertz CT molecular complexity index is 969. The van der Waals surface area contributed by atoms with Gasteiger partial charge in [0.25, 0.3) is 5.91 Å². The first kappa shape index (κ1) is 25.6. The molecular weight excluding hydrogens is 428 g/mol. The van der Waals surface area contributed by atoms with Crippen LogP contribution in [0.3, 0.4) is 0 Å². The van der Waals surface area contributed by atoms with Crippen LogP contribution < -0.4 is 14.8 Å². The molecule has 1 aliphatic rings. The minimum atomic E-state index is -0.567. The van der Waals surface area contributed by atoms with E-state index in [4.69, 9.17) is 9.47 Å². The highest BCUT2D eigenvalue weighted by molar-refractivity contribution is 5.88. The number of carbonyl (C=O) groups is 2. The van der Waals surface area contributed by atoms with Gasteiger partial charge in [-0.2, -0.15) is 0 Å². The van der Waals surface area contributed by atoms with Crippen LogP contribution in [0.5, 0.6) is 11.5 Å². The van der Waals surface area contributed by atoms with Gasteiger partial charge < -0.3 is 19.7 Å². The van der Waals surface area contributed by atoms with Gasteiger partial charge in [0.05, 0.1) is 7.11 Å². The second-order valence-corrected chi connectivity index (χ2v) is 9.20. The first-order valence-electron chi connectivity index (χ1n) is 12.3. The van der Waals surface area contributed by atoms with Gasteiger partial charge in [0.2, 0.25) is 5.91 Å². The third kappa shape index (κ3) is 6.99. The summed E-state index contributed by atoms with van der Waals surface area (Å²) in [6, 6.07) is 13.2. The molecule has 0 aromatic heterocycles. The monoisotopic (exact) mass is 466 g/mol. The van der Waals surface area contributed by atoms with E-state index in [9.17, 15) is 9.59 Å². The number of nitrogens with one attached hydrogen (secondary N) is 1. The molecule has 2 aromatic rings. The highest BCUT2D eigenvalue weighted by Gasteiger charge is 2.30. The van der Waals surface area contributed by atoms with Crippen molar-refractivity contribution in [3.05, 3.63) is 59.2 Å². The zero-order valence-corrected chi connectivity index (χ0v) is 20.9. The number of carbonyl (C=O) groups excluding carboxylic acids is 2. The van der Waals surface area contributed by atoms with E-state index in [-0.39, 0.29) is 24.5 Å². The molecule has 3 rings (SSSR count). The zero-order valence-electron chi connectivity index (χ0n) is 20.9. The van der Waals surface area contributed by atoms with Crippen molar-refractivity contribution in [1.82, 2.24) is 10.2 Å². The Balaban J connectivity index is 1.79. The molecule has 0 radical (unpaired) electrons. The maximum Gasteiger partial charge on any atom is 0.261 e. The van der Waals surface area contributed by atoms with Gasteiger partial charge in [0.1, 0.15) is 17.5 Å². The second-order valence-electron chi connectivity index (χ2n) is 9.20. The van der Waals surface area contributed by atoms with Crippen molar-refractivity contribution in [3.63, 3.8) is 0 Å². The Morgan fingerprint density at radius 2 is 1.85 bits per heavy atom. The third-order valence-electron chi connectivity index (χ3n) is 6.52. The topological polar surface area (TPSA) is 67.9 Å². The lowest BCUT2D eigenvalue weighted by molar-refractivity contribution is -0.143. The number of methoxy groups -OCH3 is 1. The maximum absolute atomic E-state index is 13.5. The molecule has 1 aliphatic carbocycles. The Morgan fingerprint density at radius 3 is 2.56 bits per heavy atom. The standard InChI is InChI=1S/C28H38N2O4/c1-5-25(28(32)29-23-11-7-6-8-12-23)30(18-22-10-9-13-24(17-22)33-4)27(31)19-34-26-16-20(2)14-15-21(26)3/h9-10,13-17,23,25H,5-8,11-12,18-19H2,1-4H3,(H,29,32)/t25-/m1/s1. The summed E-state index contributed by atoms with van der Waals surface area (Å²) in [5, 5.41) is 3.21. The molecule has 1 atom stereocenters. The Hall–Kier alpha value is -3.02. The highest BCUT2D eigenvalue weighted by Crippen LogP contribution is 2.22. The van der Waals surface area contributed by atoms with Crippen molar-refractivity contribution in [2.45, 2.75) is 77.9 Å². The number of aryl methyl sites for hydroxylation is 2.